The van der Waals surface area contributed by atoms with E-state index in [9.17, 15) is 0 Å². The van der Waals surface area contributed by atoms with Crippen molar-refractivity contribution < 1.29 is 0 Å². The van der Waals surface area contributed by atoms with Crippen molar-refractivity contribution in [2.75, 3.05) is 0 Å². The maximum atomic E-state index is 6.42. The van der Waals surface area contributed by atoms with Crippen LogP contribution in [0.3, 0.4) is 0 Å². The van der Waals surface area contributed by atoms with E-state index in [1.54, 1.807) is 0 Å². The molecule has 2 N–H and O–H groups in total. The van der Waals surface area contributed by atoms with E-state index in [4.69, 9.17) is 17.3 Å². The molecule has 0 fully saturated rings. The predicted molar refractivity (Wildman–Crippen MR) is 82.9 cm³/mol. The Morgan fingerprint density at radius 2 is 1.47 bits per heavy atom. The van der Waals surface area contributed by atoms with E-state index in [1.807, 2.05) is 25.1 Å². The lowest BCUT2D eigenvalue weighted by Crippen LogP contribution is -2.14. The van der Waals surface area contributed by atoms with Crippen LogP contribution in [0.5, 0.6) is 0 Å². The van der Waals surface area contributed by atoms with Gasteiger partial charge in [-0.25, -0.2) is 0 Å². The molecule has 0 aliphatic carbocycles. The summed E-state index contributed by atoms with van der Waals surface area (Å²) in [6, 6.07) is 10.2. The van der Waals surface area contributed by atoms with E-state index in [2.05, 4.69) is 32.9 Å². The molecule has 0 saturated carbocycles. The molecule has 0 heterocycles. The van der Waals surface area contributed by atoms with Crippen LogP contribution in [-0.2, 0) is 0 Å². The summed E-state index contributed by atoms with van der Waals surface area (Å²) in [5.74, 6) is 0. The summed E-state index contributed by atoms with van der Waals surface area (Å²) in [4.78, 5) is 0. The highest BCUT2D eigenvalue weighted by Crippen LogP contribution is 2.31. The van der Waals surface area contributed by atoms with Crippen LogP contribution in [0.15, 0.2) is 30.3 Å². The normalized spacial score (nSPS) is 12.5. The van der Waals surface area contributed by atoms with Crippen LogP contribution in [0.25, 0.3) is 0 Å². The standard InChI is InChI=1S/C17H20ClN/c1-10-6-5-7-14(16(10)18)17(19)15-9-12(3)11(2)8-13(15)4/h5-9,17H,19H2,1-4H3. The summed E-state index contributed by atoms with van der Waals surface area (Å²) < 4.78 is 0. The Morgan fingerprint density at radius 3 is 2.16 bits per heavy atom. The Labute approximate surface area is 120 Å². The molecule has 0 aliphatic rings. The largest absolute Gasteiger partial charge is 0.320 e. The molecule has 0 bridgehead atoms. The second-order valence-corrected chi connectivity index (χ2v) is 5.63. The summed E-state index contributed by atoms with van der Waals surface area (Å²) in [7, 11) is 0. The number of aryl methyl sites for hydroxylation is 4. The van der Waals surface area contributed by atoms with Gasteiger partial charge in [0.25, 0.3) is 0 Å². The molecule has 0 saturated heterocycles. The van der Waals surface area contributed by atoms with Crippen molar-refractivity contribution in [3.05, 3.63) is 68.7 Å². The number of nitrogens with two attached hydrogens (primary N) is 1. The van der Waals surface area contributed by atoms with Gasteiger partial charge in [0, 0.05) is 5.02 Å². The summed E-state index contributed by atoms with van der Waals surface area (Å²) in [5, 5.41) is 0.771. The first-order valence-electron chi connectivity index (χ1n) is 6.50. The monoisotopic (exact) mass is 273 g/mol. The van der Waals surface area contributed by atoms with Crippen molar-refractivity contribution in [1.82, 2.24) is 0 Å². The fourth-order valence-corrected chi connectivity index (χ4v) is 2.64. The molecule has 0 aromatic heterocycles. The minimum absolute atomic E-state index is 0.174. The molecule has 1 unspecified atom stereocenters. The quantitative estimate of drug-likeness (QED) is 0.849. The Balaban J connectivity index is 2.53. The predicted octanol–water partition coefficient (Wildman–Crippen LogP) is 4.62. The van der Waals surface area contributed by atoms with Crippen molar-refractivity contribution >= 4 is 11.6 Å². The van der Waals surface area contributed by atoms with Gasteiger partial charge in [-0.1, -0.05) is 41.9 Å². The minimum Gasteiger partial charge on any atom is -0.320 e. The van der Waals surface area contributed by atoms with E-state index in [0.29, 0.717) is 0 Å². The van der Waals surface area contributed by atoms with E-state index in [0.717, 1.165) is 21.7 Å². The lowest BCUT2D eigenvalue weighted by molar-refractivity contribution is 0.857. The topological polar surface area (TPSA) is 26.0 Å². The Morgan fingerprint density at radius 1 is 0.842 bits per heavy atom. The number of benzene rings is 2. The highest BCUT2D eigenvalue weighted by atomic mass is 35.5. The van der Waals surface area contributed by atoms with Crippen LogP contribution in [0.1, 0.15) is 39.4 Å². The van der Waals surface area contributed by atoms with Crippen LogP contribution in [0, 0.1) is 27.7 Å². The Kier molecular flexibility index (Phi) is 3.98. The zero-order valence-electron chi connectivity index (χ0n) is 11.9. The smallest absolute Gasteiger partial charge is 0.0569 e. The molecule has 2 aromatic rings. The molecule has 1 nitrogen and oxygen atoms in total. The first-order valence-corrected chi connectivity index (χ1v) is 6.88. The zero-order valence-corrected chi connectivity index (χ0v) is 12.7. The van der Waals surface area contributed by atoms with Gasteiger partial charge in [0.05, 0.1) is 6.04 Å². The molecule has 2 aromatic carbocycles. The van der Waals surface area contributed by atoms with E-state index in [-0.39, 0.29) is 6.04 Å². The van der Waals surface area contributed by atoms with Gasteiger partial charge in [-0.2, -0.15) is 0 Å². The maximum absolute atomic E-state index is 6.42. The van der Waals surface area contributed by atoms with Gasteiger partial charge in [0.2, 0.25) is 0 Å². The number of hydrogen-bond acceptors (Lipinski definition) is 1. The average Bonchev–Trinajstić information content (AvgIpc) is 2.36. The summed E-state index contributed by atoms with van der Waals surface area (Å²) in [6.07, 6.45) is 0. The minimum atomic E-state index is -0.174. The van der Waals surface area contributed by atoms with Gasteiger partial charge in [-0.3, -0.25) is 0 Å². The molecule has 19 heavy (non-hydrogen) atoms. The van der Waals surface area contributed by atoms with Crippen LogP contribution in [0.2, 0.25) is 5.02 Å². The van der Waals surface area contributed by atoms with Gasteiger partial charge in [-0.05, 0) is 61.1 Å². The van der Waals surface area contributed by atoms with Crippen molar-refractivity contribution in [3.63, 3.8) is 0 Å². The van der Waals surface area contributed by atoms with Gasteiger partial charge in [-0.15, -0.1) is 0 Å². The summed E-state index contributed by atoms with van der Waals surface area (Å²) in [5.41, 5.74) is 13.4. The van der Waals surface area contributed by atoms with Crippen molar-refractivity contribution in [1.29, 1.82) is 0 Å². The van der Waals surface area contributed by atoms with E-state index < -0.39 is 0 Å². The molecular weight excluding hydrogens is 254 g/mol. The molecule has 2 rings (SSSR count). The molecule has 0 aliphatic heterocycles. The van der Waals surface area contributed by atoms with Gasteiger partial charge in [0.15, 0.2) is 0 Å². The highest BCUT2D eigenvalue weighted by Gasteiger charge is 2.16. The van der Waals surface area contributed by atoms with Gasteiger partial charge >= 0.3 is 0 Å². The second kappa shape index (κ2) is 5.36. The first-order chi connectivity index (χ1) is 8.91. The molecule has 0 radical (unpaired) electrons. The molecule has 100 valence electrons. The maximum Gasteiger partial charge on any atom is 0.0569 e. The molecule has 1 atom stereocenters. The first kappa shape index (κ1) is 14.1. The lowest BCUT2D eigenvalue weighted by Gasteiger charge is -2.19. The molecular formula is C17H20ClN. The Hall–Kier alpha value is -1.31. The molecule has 2 heteroatoms. The van der Waals surface area contributed by atoms with E-state index >= 15 is 0 Å². The highest BCUT2D eigenvalue weighted by molar-refractivity contribution is 6.32. The third-order valence-corrected chi connectivity index (χ3v) is 4.29. The van der Waals surface area contributed by atoms with Crippen LogP contribution in [0.4, 0.5) is 0 Å². The van der Waals surface area contributed by atoms with Gasteiger partial charge < -0.3 is 5.73 Å². The van der Waals surface area contributed by atoms with Crippen molar-refractivity contribution in [3.8, 4) is 0 Å². The third-order valence-electron chi connectivity index (χ3n) is 3.77. The fraction of sp³-hybridized carbons (Fsp3) is 0.294. The van der Waals surface area contributed by atoms with Gasteiger partial charge in [0.1, 0.15) is 0 Å². The summed E-state index contributed by atoms with van der Waals surface area (Å²) >= 11 is 6.38. The number of rotatable bonds is 2. The zero-order chi connectivity index (χ0) is 14.2. The SMILES string of the molecule is Cc1cc(C)c(C(N)c2cccc(C)c2Cl)cc1C. The average molecular weight is 274 g/mol. The van der Waals surface area contributed by atoms with E-state index in [1.165, 1.54) is 16.7 Å². The number of hydrogen-bond donors (Lipinski definition) is 1. The second-order valence-electron chi connectivity index (χ2n) is 5.25. The van der Waals surface area contributed by atoms with Crippen molar-refractivity contribution in [2.24, 2.45) is 5.73 Å². The summed E-state index contributed by atoms with van der Waals surface area (Å²) in [6.45, 7) is 8.34. The van der Waals surface area contributed by atoms with Crippen LogP contribution < -0.4 is 5.73 Å². The third kappa shape index (κ3) is 2.68. The fourth-order valence-electron chi connectivity index (χ4n) is 2.40. The number of halogens is 1. The van der Waals surface area contributed by atoms with Crippen molar-refractivity contribution in [2.45, 2.75) is 33.7 Å². The molecule has 0 amide bonds. The van der Waals surface area contributed by atoms with Crippen LogP contribution in [-0.4, -0.2) is 0 Å². The Bertz CT molecular complexity index is 617. The lowest BCUT2D eigenvalue weighted by atomic mass is 9.91. The molecule has 0 spiro atoms. The van der Waals surface area contributed by atoms with Crippen LogP contribution >= 0.6 is 11.6 Å².